The normalized spacial score (nSPS) is 15.6. The van der Waals surface area contributed by atoms with Crippen LogP contribution in [-0.4, -0.2) is 59.3 Å². The number of rotatable bonds is 10. The number of halogens is 1. The maximum absolute atomic E-state index is 12.7. The molecule has 1 fully saturated rings. The molecule has 1 aromatic heterocycles. The van der Waals surface area contributed by atoms with E-state index in [1.165, 1.54) is 5.56 Å². The van der Waals surface area contributed by atoms with Crippen molar-refractivity contribution in [2.45, 2.75) is 45.4 Å². The zero-order valence-corrected chi connectivity index (χ0v) is 22.5. The van der Waals surface area contributed by atoms with Gasteiger partial charge in [-0.3, -0.25) is 9.69 Å². The third-order valence-electron chi connectivity index (χ3n) is 6.49. The van der Waals surface area contributed by atoms with Crippen molar-refractivity contribution >= 4 is 27.5 Å². The van der Waals surface area contributed by atoms with Crippen LogP contribution in [0.25, 0.3) is 0 Å². The largest absolute Gasteiger partial charge is 0.489 e. The van der Waals surface area contributed by atoms with Gasteiger partial charge in [0.15, 0.2) is 0 Å². The van der Waals surface area contributed by atoms with Gasteiger partial charge in [-0.15, -0.1) is 0 Å². The molecule has 4 N–H and O–H groups in total. The number of anilines is 1. The number of aromatic amines is 1. The summed E-state index contributed by atoms with van der Waals surface area (Å²) in [5, 5.41) is 16.9. The van der Waals surface area contributed by atoms with Crippen LogP contribution in [0, 0.1) is 13.8 Å². The number of carbonyl (C=O) groups is 1. The fourth-order valence-corrected chi connectivity index (χ4v) is 4.80. The number of aryl methyl sites for hydroxylation is 2. The van der Waals surface area contributed by atoms with E-state index in [9.17, 15) is 9.90 Å². The summed E-state index contributed by atoms with van der Waals surface area (Å²) in [6.45, 7) is 7.46. The maximum Gasteiger partial charge on any atom is 0.272 e. The van der Waals surface area contributed by atoms with Crippen LogP contribution in [0.3, 0.4) is 0 Å². The Morgan fingerprint density at radius 2 is 1.89 bits per heavy atom. The summed E-state index contributed by atoms with van der Waals surface area (Å²) >= 11 is 3.49. The third-order valence-corrected chi connectivity index (χ3v) is 7.02. The van der Waals surface area contributed by atoms with E-state index in [4.69, 9.17) is 4.74 Å². The molecule has 1 atom stereocenters. The molecule has 0 saturated carbocycles. The summed E-state index contributed by atoms with van der Waals surface area (Å²) in [7, 11) is 0. The van der Waals surface area contributed by atoms with Crippen molar-refractivity contribution in [1.29, 1.82) is 0 Å². The van der Waals surface area contributed by atoms with Gasteiger partial charge >= 0.3 is 0 Å². The highest BCUT2D eigenvalue weighted by Gasteiger charge is 2.20. The molecular formula is C28H35BrN4O3. The fraction of sp³-hybridized carbons (Fsp3) is 0.393. The number of nitrogens with one attached hydrogen (secondary N) is 3. The lowest BCUT2D eigenvalue weighted by molar-refractivity contribution is 0.0978. The van der Waals surface area contributed by atoms with E-state index in [1.54, 1.807) is 12.1 Å². The summed E-state index contributed by atoms with van der Waals surface area (Å²) in [5.74, 6) is 0.317. The average Bonchev–Trinajstić information content (AvgIpc) is 3.22. The van der Waals surface area contributed by atoms with E-state index < -0.39 is 6.10 Å². The Bertz CT molecular complexity index is 1140. The average molecular weight is 556 g/mol. The standard InChI is InChI=1S/C28H35BrN4O3/c1-19-15-20(2)31-27(19)28(35)32-25-5-3-4-6-26(25)36-18-24(34)16-30-23-11-13-33(14-12-23)17-21-7-9-22(29)10-8-21/h3-10,15,23-24,30-31,34H,11-14,16-18H2,1-2H3,(H,32,35). The zero-order valence-electron chi connectivity index (χ0n) is 20.9. The smallest absolute Gasteiger partial charge is 0.272 e. The lowest BCUT2D eigenvalue weighted by Crippen LogP contribution is -2.45. The Hall–Kier alpha value is -2.65. The van der Waals surface area contributed by atoms with Crippen molar-refractivity contribution in [3.8, 4) is 5.75 Å². The van der Waals surface area contributed by atoms with Gasteiger partial charge in [-0.1, -0.05) is 40.2 Å². The van der Waals surface area contributed by atoms with Gasteiger partial charge in [-0.05, 0) is 81.2 Å². The first-order valence-corrected chi connectivity index (χ1v) is 13.2. The van der Waals surface area contributed by atoms with Crippen LogP contribution in [0.4, 0.5) is 5.69 Å². The highest BCUT2D eigenvalue weighted by molar-refractivity contribution is 9.10. The van der Waals surface area contributed by atoms with Crippen LogP contribution in [0.1, 0.15) is 40.2 Å². The molecule has 0 radical (unpaired) electrons. The molecule has 0 bridgehead atoms. The molecule has 1 unspecified atom stereocenters. The molecule has 0 aliphatic carbocycles. The van der Waals surface area contributed by atoms with Crippen molar-refractivity contribution < 1.29 is 14.6 Å². The van der Waals surface area contributed by atoms with Crippen molar-refractivity contribution in [2.75, 3.05) is 31.6 Å². The predicted octanol–water partition coefficient (Wildman–Crippen LogP) is 4.64. The van der Waals surface area contributed by atoms with Gasteiger partial charge in [0, 0.05) is 29.3 Å². The number of aliphatic hydroxyl groups excluding tert-OH is 1. The summed E-state index contributed by atoms with van der Waals surface area (Å²) in [5.41, 5.74) is 4.27. The van der Waals surface area contributed by atoms with E-state index in [0.717, 1.165) is 48.2 Å². The van der Waals surface area contributed by atoms with Gasteiger partial charge in [0.05, 0.1) is 5.69 Å². The lowest BCUT2D eigenvalue weighted by Gasteiger charge is -2.33. The van der Waals surface area contributed by atoms with Gasteiger partial charge in [0.1, 0.15) is 24.2 Å². The number of hydrogen-bond acceptors (Lipinski definition) is 5. The molecule has 8 heteroatoms. The van der Waals surface area contributed by atoms with Crippen molar-refractivity contribution in [3.05, 3.63) is 81.6 Å². The number of likely N-dealkylation sites (tertiary alicyclic amines) is 1. The number of hydrogen-bond donors (Lipinski definition) is 4. The number of benzene rings is 2. The van der Waals surface area contributed by atoms with Crippen molar-refractivity contribution in [1.82, 2.24) is 15.2 Å². The first-order chi connectivity index (χ1) is 17.4. The minimum atomic E-state index is -0.650. The van der Waals surface area contributed by atoms with Crippen molar-refractivity contribution in [3.63, 3.8) is 0 Å². The minimum absolute atomic E-state index is 0.142. The molecule has 2 heterocycles. The Labute approximate surface area is 221 Å². The number of para-hydroxylation sites is 2. The van der Waals surface area contributed by atoms with Crippen LogP contribution in [0.2, 0.25) is 0 Å². The second kappa shape index (κ2) is 12.5. The van der Waals surface area contributed by atoms with Gasteiger partial charge in [-0.2, -0.15) is 0 Å². The van der Waals surface area contributed by atoms with Crippen molar-refractivity contribution in [2.24, 2.45) is 0 Å². The van der Waals surface area contributed by atoms with Gasteiger partial charge in [0.25, 0.3) is 5.91 Å². The second-order valence-corrected chi connectivity index (χ2v) is 10.4. The Balaban J connectivity index is 1.19. The number of ether oxygens (including phenoxy) is 1. The zero-order chi connectivity index (χ0) is 25.5. The predicted molar refractivity (Wildman–Crippen MR) is 147 cm³/mol. The van der Waals surface area contributed by atoms with E-state index in [0.29, 0.717) is 29.7 Å². The summed E-state index contributed by atoms with van der Waals surface area (Å²) < 4.78 is 6.98. The molecule has 7 nitrogen and oxygen atoms in total. The molecule has 192 valence electrons. The number of nitrogens with zero attached hydrogens (tertiary/aromatic N) is 1. The number of aromatic nitrogens is 1. The quantitative estimate of drug-likeness (QED) is 0.293. The molecule has 2 aromatic carbocycles. The third kappa shape index (κ3) is 7.43. The van der Waals surface area contributed by atoms with E-state index >= 15 is 0 Å². The monoisotopic (exact) mass is 554 g/mol. The summed E-state index contributed by atoms with van der Waals surface area (Å²) in [4.78, 5) is 18.3. The first-order valence-electron chi connectivity index (χ1n) is 12.4. The molecule has 1 saturated heterocycles. The summed E-state index contributed by atoms with van der Waals surface area (Å²) in [6, 6.07) is 18.1. The molecular weight excluding hydrogens is 520 g/mol. The van der Waals surface area contributed by atoms with E-state index in [-0.39, 0.29) is 12.5 Å². The Morgan fingerprint density at radius 1 is 1.17 bits per heavy atom. The second-order valence-electron chi connectivity index (χ2n) is 9.51. The van der Waals surface area contributed by atoms with Crippen LogP contribution >= 0.6 is 15.9 Å². The molecule has 1 amide bonds. The molecule has 36 heavy (non-hydrogen) atoms. The SMILES string of the molecule is Cc1cc(C)c(C(=O)Nc2ccccc2OCC(O)CNC2CCN(Cc3ccc(Br)cc3)CC2)[nH]1. The number of carbonyl (C=O) groups excluding carboxylic acids is 1. The number of piperidine rings is 1. The highest BCUT2D eigenvalue weighted by atomic mass is 79.9. The minimum Gasteiger partial charge on any atom is -0.489 e. The lowest BCUT2D eigenvalue weighted by atomic mass is 10.0. The summed E-state index contributed by atoms with van der Waals surface area (Å²) in [6.07, 6.45) is 1.45. The topological polar surface area (TPSA) is 89.6 Å². The molecule has 4 rings (SSSR count). The fourth-order valence-electron chi connectivity index (χ4n) is 4.54. The maximum atomic E-state index is 12.7. The van der Waals surface area contributed by atoms with E-state index in [2.05, 4.69) is 60.7 Å². The van der Waals surface area contributed by atoms with E-state index in [1.807, 2.05) is 32.0 Å². The Morgan fingerprint density at radius 3 is 2.58 bits per heavy atom. The number of aliphatic hydroxyl groups is 1. The molecule has 1 aliphatic rings. The van der Waals surface area contributed by atoms with Crippen LogP contribution in [-0.2, 0) is 6.54 Å². The molecule has 1 aliphatic heterocycles. The number of amides is 1. The Kier molecular flexibility index (Phi) is 9.20. The van der Waals surface area contributed by atoms with Gasteiger partial charge in [0.2, 0.25) is 0 Å². The molecule has 0 spiro atoms. The van der Waals surface area contributed by atoms with Crippen LogP contribution < -0.4 is 15.4 Å². The van der Waals surface area contributed by atoms with Crippen LogP contribution in [0.15, 0.2) is 59.1 Å². The highest BCUT2D eigenvalue weighted by Crippen LogP contribution is 2.25. The molecule has 3 aromatic rings. The van der Waals surface area contributed by atoms with Gasteiger partial charge in [-0.25, -0.2) is 0 Å². The van der Waals surface area contributed by atoms with Crippen LogP contribution in [0.5, 0.6) is 5.75 Å². The number of H-pyrrole nitrogens is 1. The first kappa shape index (κ1) is 26.4. The van der Waals surface area contributed by atoms with Gasteiger partial charge < -0.3 is 25.5 Å².